The first kappa shape index (κ1) is 19.2. The van der Waals surface area contributed by atoms with Gasteiger partial charge in [0.2, 0.25) is 5.91 Å². The number of benzene rings is 1. The highest BCUT2D eigenvalue weighted by atomic mass is 32.2. The number of thioether (sulfide) groups is 1. The molecule has 28 heavy (non-hydrogen) atoms. The van der Waals surface area contributed by atoms with Crippen LogP contribution in [0.3, 0.4) is 0 Å². The molecule has 0 radical (unpaired) electrons. The van der Waals surface area contributed by atoms with Crippen molar-refractivity contribution in [3.63, 3.8) is 0 Å². The maximum absolute atomic E-state index is 12.6. The predicted octanol–water partition coefficient (Wildman–Crippen LogP) is 4.12. The summed E-state index contributed by atoms with van der Waals surface area (Å²) in [5, 5.41) is 2.95. The number of hydrogen-bond donors (Lipinski definition) is 1. The Balaban J connectivity index is 1.40. The molecular formula is C21H23N3O2S2. The van der Waals surface area contributed by atoms with Gasteiger partial charge >= 0.3 is 0 Å². The fourth-order valence-electron chi connectivity index (χ4n) is 3.60. The van der Waals surface area contributed by atoms with E-state index in [1.807, 2.05) is 26.0 Å². The molecule has 1 N–H and O–H groups in total. The first-order chi connectivity index (χ1) is 13.5. The van der Waals surface area contributed by atoms with E-state index in [0.29, 0.717) is 11.5 Å². The fraction of sp³-hybridized carbons (Fsp3) is 0.381. The molecule has 0 saturated heterocycles. The minimum absolute atomic E-state index is 0.000248. The van der Waals surface area contributed by atoms with Gasteiger partial charge < -0.3 is 5.32 Å². The maximum atomic E-state index is 12.6. The molecule has 2 heterocycles. The number of nitrogens with one attached hydrogen (secondary N) is 1. The molecule has 0 spiro atoms. The van der Waals surface area contributed by atoms with Crippen LogP contribution in [-0.4, -0.2) is 21.0 Å². The zero-order valence-corrected chi connectivity index (χ0v) is 17.7. The van der Waals surface area contributed by atoms with Crippen LogP contribution in [0.5, 0.6) is 0 Å². The van der Waals surface area contributed by atoms with E-state index in [9.17, 15) is 9.59 Å². The van der Waals surface area contributed by atoms with E-state index in [1.165, 1.54) is 28.6 Å². The number of hydrogen-bond acceptors (Lipinski definition) is 5. The second-order valence-corrected chi connectivity index (χ2v) is 9.29. The molecule has 1 aliphatic rings. The van der Waals surface area contributed by atoms with Crippen LogP contribution < -0.4 is 10.9 Å². The van der Waals surface area contributed by atoms with Gasteiger partial charge in [-0.2, -0.15) is 0 Å². The molecule has 4 rings (SSSR count). The molecule has 2 aromatic heterocycles. The Morgan fingerprint density at radius 2 is 2.07 bits per heavy atom. The van der Waals surface area contributed by atoms with Crippen molar-refractivity contribution in [3.05, 3.63) is 62.0 Å². The molecule has 0 saturated carbocycles. The van der Waals surface area contributed by atoms with Crippen LogP contribution in [0.15, 0.2) is 29.1 Å². The van der Waals surface area contributed by atoms with Crippen LogP contribution in [-0.2, 0) is 23.4 Å². The summed E-state index contributed by atoms with van der Waals surface area (Å²) in [6.45, 7) is 4.02. The van der Waals surface area contributed by atoms with Crippen LogP contribution in [0, 0.1) is 13.8 Å². The van der Waals surface area contributed by atoms with Crippen molar-refractivity contribution in [2.45, 2.75) is 45.3 Å². The van der Waals surface area contributed by atoms with E-state index in [0.717, 1.165) is 46.9 Å². The summed E-state index contributed by atoms with van der Waals surface area (Å²) in [6.07, 6.45) is 4.33. The second-order valence-electron chi connectivity index (χ2n) is 7.24. The molecule has 0 bridgehead atoms. The highest BCUT2D eigenvalue weighted by molar-refractivity contribution is 7.99. The number of nitrogens with zero attached hydrogens (tertiary/aromatic N) is 2. The minimum atomic E-state index is -0.0404. The quantitative estimate of drug-likeness (QED) is 0.683. The standard InChI is InChI=1S/C21H23N3O2S2/c1-13-7-8-16(14(2)9-13)23-19(25)12-27-11-15-10-20(26)24-17-5-3-4-6-18(17)28-21(24)22-15/h7-10H,3-6,11-12H2,1-2H3,(H,23,25). The van der Waals surface area contributed by atoms with Gasteiger partial charge in [-0.1, -0.05) is 17.7 Å². The number of aryl methyl sites for hydroxylation is 4. The third-order valence-corrected chi connectivity index (χ3v) is 7.06. The number of fused-ring (bicyclic) bond motifs is 3. The van der Waals surface area contributed by atoms with Gasteiger partial charge in [0.15, 0.2) is 4.96 Å². The molecule has 7 heteroatoms. The second kappa shape index (κ2) is 8.09. The molecule has 0 aliphatic heterocycles. The monoisotopic (exact) mass is 413 g/mol. The van der Waals surface area contributed by atoms with Crippen molar-refractivity contribution < 1.29 is 4.79 Å². The van der Waals surface area contributed by atoms with Gasteiger partial charge in [0, 0.05) is 28.1 Å². The summed E-state index contributed by atoms with van der Waals surface area (Å²) in [5.74, 6) is 0.838. The molecule has 0 unspecified atom stereocenters. The number of carbonyl (C=O) groups is 1. The van der Waals surface area contributed by atoms with Gasteiger partial charge in [0.1, 0.15) is 0 Å². The van der Waals surface area contributed by atoms with E-state index in [4.69, 9.17) is 0 Å². The fourth-order valence-corrected chi connectivity index (χ4v) is 5.55. The van der Waals surface area contributed by atoms with Crippen molar-refractivity contribution in [1.29, 1.82) is 0 Å². The predicted molar refractivity (Wildman–Crippen MR) is 117 cm³/mol. The van der Waals surface area contributed by atoms with E-state index < -0.39 is 0 Å². The SMILES string of the molecule is Cc1ccc(NC(=O)CSCc2cc(=O)n3c4c(sc3n2)CCCC4)c(C)c1. The molecule has 5 nitrogen and oxygen atoms in total. The van der Waals surface area contributed by atoms with Crippen LogP contribution in [0.2, 0.25) is 0 Å². The minimum Gasteiger partial charge on any atom is -0.325 e. The Bertz CT molecular complexity index is 1100. The third-order valence-electron chi connectivity index (χ3n) is 4.95. The maximum Gasteiger partial charge on any atom is 0.259 e. The van der Waals surface area contributed by atoms with Gasteiger partial charge in [0.05, 0.1) is 11.4 Å². The smallest absolute Gasteiger partial charge is 0.259 e. The normalized spacial score (nSPS) is 13.5. The van der Waals surface area contributed by atoms with Crippen LogP contribution >= 0.6 is 23.1 Å². The Kier molecular flexibility index (Phi) is 5.55. The third kappa shape index (κ3) is 4.00. The zero-order chi connectivity index (χ0) is 19.7. The molecule has 0 atom stereocenters. The molecule has 1 aliphatic carbocycles. The largest absolute Gasteiger partial charge is 0.325 e. The summed E-state index contributed by atoms with van der Waals surface area (Å²) in [5.41, 5.74) is 4.97. The molecule has 146 valence electrons. The highest BCUT2D eigenvalue weighted by Crippen LogP contribution is 2.28. The number of rotatable bonds is 5. The molecule has 1 aromatic carbocycles. The van der Waals surface area contributed by atoms with E-state index in [1.54, 1.807) is 21.8 Å². The van der Waals surface area contributed by atoms with E-state index in [-0.39, 0.29) is 11.5 Å². The van der Waals surface area contributed by atoms with Crippen molar-refractivity contribution in [2.24, 2.45) is 0 Å². The summed E-state index contributed by atoms with van der Waals surface area (Å²) >= 11 is 3.11. The van der Waals surface area contributed by atoms with Crippen molar-refractivity contribution >= 4 is 39.7 Å². The number of amides is 1. The number of aromatic nitrogens is 2. The molecule has 1 amide bonds. The summed E-state index contributed by atoms with van der Waals surface area (Å²) in [6, 6.07) is 7.59. The van der Waals surface area contributed by atoms with Crippen molar-refractivity contribution in [2.75, 3.05) is 11.1 Å². The molecule has 3 aromatic rings. The number of anilines is 1. The Morgan fingerprint density at radius 1 is 1.25 bits per heavy atom. The topological polar surface area (TPSA) is 63.5 Å². The van der Waals surface area contributed by atoms with Gasteiger partial charge in [-0.25, -0.2) is 4.98 Å². The zero-order valence-electron chi connectivity index (χ0n) is 16.1. The number of thiazole rings is 1. The van der Waals surface area contributed by atoms with Crippen LogP contribution in [0.25, 0.3) is 4.96 Å². The van der Waals surface area contributed by atoms with Crippen molar-refractivity contribution in [1.82, 2.24) is 9.38 Å². The molecule has 0 fully saturated rings. The summed E-state index contributed by atoms with van der Waals surface area (Å²) < 4.78 is 1.78. The average Bonchev–Trinajstić information content (AvgIpc) is 3.03. The van der Waals surface area contributed by atoms with E-state index >= 15 is 0 Å². The summed E-state index contributed by atoms with van der Waals surface area (Å²) in [7, 11) is 0. The lowest BCUT2D eigenvalue weighted by Gasteiger charge is -2.10. The van der Waals surface area contributed by atoms with Gasteiger partial charge in [-0.3, -0.25) is 14.0 Å². The lowest BCUT2D eigenvalue weighted by Crippen LogP contribution is -2.18. The average molecular weight is 414 g/mol. The number of carbonyl (C=O) groups excluding carboxylic acids is 1. The Labute approximate surface area is 172 Å². The lowest BCUT2D eigenvalue weighted by molar-refractivity contribution is -0.113. The Hall–Kier alpha value is -2.12. The van der Waals surface area contributed by atoms with Crippen LogP contribution in [0.4, 0.5) is 5.69 Å². The van der Waals surface area contributed by atoms with Crippen LogP contribution in [0.1, 0.15) is 40.2 Å². The van der Waals surface area contributed by atoms with Gasteiger partial charge in [-0.05, 0) is 51.2 Å². The Morgan fingerprint density at radius 3 is 2.89 bits per heavy atom. The molecular weight excluding hydrogens is 390 g/mol. The van der Waals surface area contributed by atoms with Gasteiger partial charge in [0.25, 0.3) is 5.56 Å². The van der Waals surface area contributed by atoms with Gasteiger partial charge in [-0.15, -0.1) is 23.1 Å². The highest BCUT2D eigenvalue weighted by Gasteiger charge is 2.18. The first-order valence-electron chi connectivity index (χ1n) is 9.49. The lowest BCUT2D eigenvalue weighted by atomic mass is 10.0. The van der Waals surface area contributed by atoms with Crippen molar-refractivity contribution in [3.8, 4) is 0 Å². The first-order valence-corrected chi connectivity index (χ1v) is 11.5. The summed E-state index contributed by atoms with van der Waals surface area (Å²) in [4.78, 5) is 31.6. The van der Waals surface area contributed by atoms with E-state index in [2.05, 4.69) is 16.4 Å².